The number of nitrogens with zero attached hydrogens (tertiary/aromatic N) is 5. The van der Waals surface area contributed by atoms with Crippen molar-refractivity contribution in [1.82, 2.24) is 19.5 Å². The van der Waals surface area contributed by atoms with E-state index in [1.54, 1.807) is 30.5 Å². The van der Waals surface area contributed by atoms with Crippen LogP contribution in [0.15, 0.2) is 71.3 Å². The largest absolute Gasteiger partial charge is 0.492 e. The minimum absolute atomic E-state index is 0.00696. The van der Waals surface area contributed by atoms with Gasteiger partial charge >= 0.3 is 0 Å². The van der Waals surface area contributed by atoms with Crippen LogP contribution in [0.5, 0.6) is 5.88 Å². The molecule has 0 saturated carbocycles. The summed E-state index contributed by atoms with van der Waals surface area (Å²) in [5.41, 5.74) is 3.44. The average Bonchev–Trinajstić information content (AvgIpc) is 3.59. The molecule has 1 N–H and O–H groups in total. The molecule has 6 rings (SSSR count). The molecule has 2 aromatic carbocycles. The first-order valence-corrected chi connectivity index (χ1v) is 11.6. The van der Waals surface area contributed by atoms with E-state index in [1.807, 2.05) is 12.1 Å². The van der Waals surface area contributed by atoms with E-state index in [0.717, 1.165) is 18.5 Å². The van der Waals surface area contributed by atoms with Crippen molar-refractivity contribution < 1.29 is 14.4 Å². The predicted octanol–water partition coefficient (Wildman–Crippen LogP) is 4.81. The van der Waals surface area contributed by atoms with E-state index in [0.29, 0.717) is 28.0 Å². The molecule has 0 saturated heterocycles. The summed E-state index contributed by atoms with van der Waals surface area (Å²) in [5, 5.41) is 26.8. The third-order valence-corrected chi connectivity index (χ3v) is 7.21. The molecule has 0 amide bonds. The summed E-state index contributed by atoms with van der Waals surface area (Å²) in [5.74, 6) is 0.931. The molecule has 5 aromatic rings. The van der Waals surface area contributed by atoms with Crippen molar-refractivity contribution >= 4 is 22.0 Å². The van der Waals surface area contributed by atoms with Gasteiger partial charge in [-0.25, -0.2) is 0 Å². The maximum atomic E-state index is 11.2. The zero-order valence-corrected chi connectivity index (χ0v) is 18.7. The lowest BCUT2D eigenvalue weighted by Gasteiger charge is -2.35. The second-order valence-corrected chi connectivity index (χ2v) is 9.15. The molecule has 1 unspecified atom stereocenters. The minimum Gasteiger partial charge on any atom is -0.492 e. The fourth-order valence-corrected chi connectivity index (χ4v) is 5.60. The van der Waals surface area contributed by atoms with Crippen LogP contribution in [0.2, 0.25) is 0 Å². The molecule has 1 aliphatic rings. The van der Waals surface area contributed by atoms with Crippen molar-refractivity contribution in [3.63, 3.8) is 0 Å². The summed E-state index contributed by atoms with van der Waals surface area (Å²) in [6.07, 6.45) is 2.43. The van der Waals surface area contributed by atoms with Crippen LogP contribution >= 0.6 is 11.3 Å². The fourth-order valence-electron chi connectivity index (χ4n) is 4.48. The van der Waals surface area contributed by atoms with Crippen molar-refractivity contribution in [2.24, 2.45) is 0 Å². The second-order valence-electron chi connectivity index (χ2n) is 8.14. The SMILES string of the molecule is O=[N+]([O-])c1ccc(C(c2sc3nc(-c4ccco4)nn3c2O)N2CCc3ccccc3C2)cc1. The first-order chi connectivity index (χ1) is 16.6. The molecule has 0 bridgehead atoms. The molecular weight excluding hydrogens is 454 g/mol. The van der Waals surface area contributed by atoms with E-state index >= 15 is 0 Å². The van der Waals surface area contributed by atoms with Gasteiger partial charge in [0.2, 0.25) is 16.7 Å². The van der Waals surface area contributed by atoms with Gasteiger partial charge in [0.15, 0.2) is 5.76 Å². The smallest absolute Gasteiger partial charge is 0.269 e. The van der Waals surface area contributed by atoms with Crippen LogP contribution in [0.4, 0.5) is 5.69 Å². The molecular formula is C24H19N5O4S. The maximum absolute atomic E-state index is 11.2. The highest BCUT2D eigenvalue weighted by Gasteiger charge is 2.32. The number of hydrogen-bond donors (Lipinski definition) is 1. The summed E-state index contributed by atoms with van der Waals surface area (Å²) in [4.78, 5) is 18.8. The third kappa shape index (κ3) is 3.44. The van der Waals surface area contributed by atoms with Gasteiger partial charge < -0.3 is 9.52 Å². The molecule has 0 spiro atoms. The normalized spacial score (nSPS) is 14.8. The van der Waals surface area contributed by atoms with Crippen LogP contribution in [-0.2, 0) is 13.0 Å². The maximum Gasteiger partial charge on any atom is 0.269 e. The van der Waals surface area contributed by atoms with Crippen molar-refractivity contribution in [3.05, 3.63) is 98.6 Å². The predicted molar refractivity (Wildman–Crippen MR) is 126 cm³/mol. The number of furan rings is 1. The van der Waals surface area contributed by atoms with Gasteiger partial charge in [0.1, 0.15) is 0 Å². The molecule has 1 atom stereocenters. The molecule has 0 fully saturated rings. The van der Waals surface area contributed by atoms with E-state index in [9.17, 15) is 15.2 Å². The molecule has 0 radical (unpaired) electrons. The Labute approximate surface area is 197 Å². The number of hydrogen-bond acceptors (Lipinski definition) is 8. The Hall–Kier alpha value is -4.02. The number of aromatic hydroxyl groups is 1. The van der Waals surface area contributed by atoms with Gasteiger partial charge in [0.05, 0.1) is 22.1 Å². The third-order valence-electron chi connectivity index (χ3n) is 6.13. The van der Waals surface area contributed by atoms with E-state index in [1.165, 1.54) is 39.1 Å². The second kappa shape index (κ2) is 8.08. The zero-order valence-electron chi connectivity index (χ0n) is 17.9. The Kier molecular flexibility index (Phi) is 4.89. The molecule has 10 heteroatoms. The molecule has 170 valence electrons. The highest BCUT2D eigenvalue weighted by molar-refractivity contribution is 7.17. The van der Waals surface area contributed by atoms with Gasteiger partial charge in [-0.05, 0) is 35.2 Å². The highest BCUT2D eigenvalue weighted by atomic mass is 32.1. The van der Waals surface area contributed by atoms with Crippen LogP contribution in [0, 0.1) is 10.1 Å². The Morgan fingerprint density at radius 2 is 1.88 bits per heavy atom. The minimum atomic E-state index is -0.410. The number of rotatable bonds is 5. The lowest BCUT2D eigenvalue weighted by Crippen LogP contribution is -2.34. The first-order valence-electron chi connectivity index (χ1n) is 10.8. The number of nitro benzene ring substituents is 1. The summed E-state index contributed by atoms with van der Waals surface area (Å²) < 4.78 is 6.81. The number of fused-ring (bicyclic) bond motifs is 2. The summed E-state index contributed by atoms with van der Waals surface area (Å²) in [6.45, 7) is 1.48. The van der Waals surface area contributed by atoms with Gasteiger partial charge in [0, 0.05) is 25.2 Å². The van der Waals surface area contributed by atoms with Crippen LogP contribution in [0.3, 0.4) is 0 Å². The van der Waals surface area contributed by atoms with Gasteiger partial charge in [0.25, 0.3) is 5.69 Å². The first kappa shape index (κ1) is 20.6. The summed E-state index contributed by atoms with van der Waals surface area (Å²) in [6, 6.07) is 18.1. The van der Waals surface area contributed by atoms with E-state index in [-0.39, 0.29) is 17.6 Å². The number of non-ortho nitro benzene ring substituents is 1. The van der Waals surface area contributed by atoms with Gasteiger partial charge in [-0.2, -0.15) is 9.50 Å². The fraction of sp³-hybridized carbons (Fsp3) is 0.167. The topological polar surface area (TPSA) is 110 Å². The van der Waals surface area contributed by atoms with Crippen molar-refractivity contribution in [2.45, 2.75) is 19.0 Å². The van der Waals surface area contributed by atoms with Crippen LogP contribution in [0.25, 0.3) is 16.5 Å². The van der Waals surface area contributed by atoms with E-state index < -0.39 is 4.92 Å². The van der Waals surface area contributed by atoms with E-state index in [4.69, 9.17) is 4.42 Å². The monoisotopic (exact) mass is 473 g/mol. The molecule has 4 heterocycles. The molecule has 1 aliphatic heterocycles. The highest BCUT2D eigenvalue weighted by Crippen LogP contribution is 2.42. The lowest BCUT2D eigenvalue weighted by atomic mass is 9.95. The Balaban J connectivity index is 1.44. The number of nitro groups is 1. The van der Waals surface area contributed by atoms with Crippen molar-refractivity contribution in [2.75, 3.05) is 6.54 Å². The quantitative estimate of drug-likeness (QED) is 0.288. The van der Waals surface area contributed by atoms with Crippen molar-refractivity contribution in [3.8, 4) is 17.5 Å². The Morgan fingerprint density at radius 1 is 1.09 bits per heavy atom. The summed E-state index contributed by atoms with van der Waals surface area (Å²) >= 11 is 1.35. The molecule has 9 nitrogen and oxygen atoms in total. The Morgan fingerprint density at radius 3 is 2.59 bits per heavy atom. The van der Waals surface area contributed by atoms with Crippen LogP contribution in [-0.4, -0.2) is 36.1 Å². The molecule has 34 heavy (non-hydrogen) atoms. The molecule has 3 aromatic heterocycles. The molecule has 0 aliphatic carbocycles. The average molecular weight is 474 g/mol. The number of benzene rings is 2. The summed E-state index contributed by atoms with van der Waals surface area (Å²) in [7, 11) is 0. The van der Waals surface area contributed by atoms with Crippen LogP contribution < -0.4 is 0 Å². The standard InChI is InChI=1S/C24H19N5O4S/c30-23-21(34-24-25-22(26-28(23)24)19-6-3-13-33-19)20(16-7-9-18(10-8-16)29(31)32)27-12-11-15-4-1-2-5-17(15)14-27/h1-10,13,20,30H,11-12,14H2. The van der Waals surface area contributed by atoms with Crippen molar-refractivity contribution in [1.29, 1.82) is 0 Å². The van der Waals surface area contributed by atoms with Gasteiger partial charge in [-0.15, -0.1) is 5.10 Å². The van der Waals surface area contributed by atoms with E-state index in [2.05, 4.69) is 27.1 Å². The number of thiazole rings is 1. The van der Waals surface area contributed by atoms with Gasteiger partial charge in [-0.1, -0.05) is 47.7 Å². The van der Waals surface area contributed by atoms with Crippen LogP contribution in [0.1, 0.15) is 27.6 Å². The Bertz CT molecular complexity index is 1490. The zero-order chi connectivity index (χ0) is 23.2. The lowest BCUT2D eigenvalue weighted by molar-refractivity contribution is -0.384. The number of aromatic nitrogens is 3. The van der Waals surface area contributed by atoms with Gasteiger partial charge in [-0.3, -0.25) is 15.0 Å².